The van der Waals surface area contributed by atoms with Crippen LogP contribution in [0, 0.1) is 0 Å². The first-order valence-corrected chi connectivity index (χ1v) is 3.35. The first-order chi connectivity index (χ1) is 4.92. The maximum atomic E-state index is 5.28. The third kappa shape index (κ3) is 0.588. The summed E-state index contributed by atoms with van der Waals surface area (Å²) in [7, 11) is 0. The van der Waals surface area contributed by atoms with E-state index in [1.54, 1.807) is 0 Å². The largest absolute Gasteiger partial charge is 0.487 e. The van der Waals surface area contributed by atoms with Gasteiger partial charge in [-0.3, -0.25) is 0 Å². The van der Waals surface area contributed by atoms with Gasteiger partial charge in [-0.1, -0.05) is 6.07 Å². The summed E-state index contributed by atoms with van der Waals surface area (Å²) in [5.41, 5.74) is 0. The molecule has 0 radical (unpaired) electrons. The third-order valence-corrected chi connectivity index (χ3v) is 1.45. The zero-order valence-corrected chi connectivity index (χ0v) is 5.76. The van der Waals surface area contributed by atoms with Crippen molar-refractivity contribution < 1.29 is 9.47 Å². The Morgan fingerprint density at radius 3 is 2.60 bits per heavy atom. The normalized spacial score (nSPS) is 11.7. The van der Waals surface area contributed by atoms with Gasteiger partial charge in [0.05, 0.1) is 6.61 Å². The zero-order valence-electron chi connectivity index (χ0n) is 5.76. The summed E-state index contributed by atoms with van der Waals surface area (Å²) in [5.74, 6) is 2.63. The van der Waals surface area contributed by atoms with E-state index in [9.17, 15) is 0 Å². The molecule has 0 N–H and O–H groups in total. The molecule has 2 heteroatoms. The average molecular weight is 136 g/mol. The molecule has 0 aromatic heterocycles. The van der Waals surface area contributed by atoms with Crippen molar-refractivity contribution in [3.8, 4) is 17.2 Å². The molecule has 1 aromatic carbocycles. The van der Waals surface area contributed by atoms with Crippen molar-refractivity contribution in [2.24, 2.45) is 0 Å². The minimum atomic E-state index is 0.702. The fraction of sp³-hybridized carbons (Fsp3) is 0.250. The lowest BCUT2D eigenvalue weighted by atomic mass is 10.2. The summed E-state index contributed by atoms with van der Waals surface area (Å²) < 4.78 is 10.4. The summed E-state index contributed by atoms with van der Waals surface area (Å²) in [6.07, 6.45) is 0. The van der Waals surface area contributed by atoms with Gasteiger partial charge in [0.2, 0.25) is 5.75 Å². The van der Waals surface area contributed by atoms with E-state index < -0.39 is 0 Å². The molecule has 0 atom stereocenters. The smallest absolute Gasteiger partial charge is 0.204 e. The number of ether oxygens (including phenoxy) is 2. The second kappa shape index (κ2) is 1.90. The van der Waals surface area contributed by atoms with E-state index in [1.807, 2.05) is 25.1 Å². The minimum absolute atomic E-state index is 0.702. The van der Waals surface area contributed by atoms with Crippen molar-refractivity contribution in [3.63, 3.8) is 0 Å². The lowest BCUT2D eigenvalue weighted by Crippen LogP contribution is -2.03. The molecule has 3 rings (SSSR count). The number of benzene rings is 1. The summed E-state index contributed by atoms with van der Waals surface area (Å²) in [4.78, 5) is 0. The van der Waals surface area contributed by atoms with Crippen molar-refractivity contribution in [2.45, 2.75) is 6.92 Å². The second-order valence-electron chi connectivity index (χ2n) is 2.12. The second-order valence-corrected chi connectivity index (χ2v) is 2.12. The highest BCUT2D eigenvalue weighted by atomic mass is 16.6. The van der Waals surface area contributed by atoms with Crippen molar-refractivity contribution in [1.82, 2.24) is 0 Å². The van der Waals surface area contributed by atoms with Crippen molar-refractivity contribution in [2.75, 3.05) is 6.61 Å². The standard InChI is InChI=1S/C8H8O2/c1-2-9-8-6-4-3-5-7(8)10-6/h3-5H,2H2,1H3. The van der Waals surface area contributed by atoms with Crippen molar-refractivity contribution >= 4 is 0 Å². The molecule has 0 aliphatic carbocycles. The van der Waals surface area contributed by atoms with E-state index in [4.69, 9.17) is 9.47 Å². The van der Waals surface area contributed by atoms with E-state index in [0.717, 1.165) is 17.2 Å². The van der Waals surface area contributed by atoms with Crippen LogP contribution < -0.4 is 9.47 Å². The van der Waals surface area contributed by atoms with Gasteiger partial charge in [-0.25, -0.2) is 0 Å². The Morgan fingerprint density at radius 2 is 2.10 bits per heavy atom. The van der Waals surface area contributed by atoms with Crippen molar-refractivity contribution in [3.05, 3.63) is 18.2 Å². The fourth-order valence-electron chi connectivity index (χ4n) is 1.02. The van der Waals surface area contributed by atoms with E-state index >= 15 is 0 Å². The van der Waals surface area contributed by atoms with Gasteiger partial charge >= 0.3 is 0 Å². The first kappa shape index (κ1) is 5.59. The summed E-state index contributed by atoms with van der Waals surface area (Å²) in [6.45, 7) is 2.67. The molecule has 2 aliphatic rings. The molecule has 0 unspecified atom stereocenters. The van der Waals surface area contributed by atoms with E-state index in [-0.39, 0.29) is 0 Å². The van der Waals surface area contributed by atoms with Gasteiger partial charge in [-0.15, -0.1) is 0 Å². The van der Waals surface area contributed by atoms with Crippen LogP contribution in [0.5, 0.6) is 17.2 Å². The number of hydrogen-bond donors (Lipinski definition) is 0. The number of fused-ring (bicyclic) bond motifs is 2. The van der Waals surface area contributed by atoms with E-state index in [0.29, 0.717) is 6.61 Å². The molecule has 0 saturated heterocycles. The topological polar surface area (TPSA) is 18.5 Å². The van der Waals surface area contributed by atoms with Gasteiger partial charge in [0.1, 0.15) is 0 Å². The molecule has 52 valence electrons. The predicted octanol–water partition coefficient (Wildman–Crippen LogP) is 2.19. The van der Waals surface area contributed by atoms with Gasteiger partial charge in [0, 0.05) is 0 Å². The predicted molar refractivity (Wildman–Crippen MR) is 37.7 cm³/mol. The van der Waals surface area contributed by atoms with Crippen LogP contribution in [-0.4, -0.2) is 6.61 Å². The Morgan fingerprint density at radius 1 is 1.40 bits per heavy atom. The molecule has 2 heterocycles. The Hall–Kier alpha value is -1.18. The summed E-state index contributed by atoms with van der Waals surface area (Å²) in [5, 5.41) is 0. The van der Waals surface area contributed by atoms with Crippen LogP contribution in [-0.2, 0) is 0 Å². The lowest BCUT2D eigenvalue weighted by Gasteiger charge is -2.22. The van der Waals surface area contributed by atoms with Crippen LogP contribution in [0.15, 0.2) is 18.2 Å². The molecule has 0 spiro atoms. The molecule has 1 aromatic rings. The highest BCUT2D eigenvalue weighted by Gasteiger charge is 2.21. The van der Waals surface area contributed by atoms with E-state index in [2.05, 4.69) is 0 Å². The summed E-state index contributed by atoms with van der Waals surface area (Å²) >= 11 is 0. The monoisotopic (exact) mass is 136 g/mol. The number of rotatable bonds is 2. The quantitative estimate of drug-likeness (QED) is 0.630. The van der Waals surface area contributed by atoms with Crippen LogP contribution in [0.25, 0.3) is 0 Å². The molecular weight excluding hydrogens is 128 g/mol. The van der Waals surface area contributed by atoms with E-state index in [1.165, 1.54) is 0 Å². The fourth-order valence-corrected chi connectivity index (χ4v) is 1.02. The van der Waals surface area contributed by atoms with Crippen LogP contribution in [0.4, 0.5) is 0 Å². The van der Waals surface area contributed by atoms with Crippen LogP contribution in [0.2, 0.25) is 0 Å². The molecule has 2 bridgehead atoms. The first-order valence-electron chi connectivity index (χ1n) is 3.35. The van der Waals surface area contributed by atoms with Gasteiger partial charge in [-0.2, -0.15) is 0 Å². The Labute approximate surface area is 59.4 Å². The van der Waals surface area contributed by atoms with Crippen molar-refractivity contribution in [1.29, 1.82) is 0 Å². The van der Waals surface area contributed by atoms with Crippen LogP contribution in [0.1, 0.15) is 6.92 Å². The Balaban J connectivity index is 2.32. The molecule has 0 saturated carbocycles. The Kier molecular flexibility index (Phi) is 1.07. The maximum Gasteiger partial charge on any atom is 0.204 e. The number of para-hydroxylation sites is 1. The van der Waals surface area contributed by atoms with Gasteiger partial charge < -0.3 is 9.47 Å². The SMILES string of the molecule is CCOc1c2cccc1O2. The van der Waals surface area contributed by atoms with Crippen LogP contribution >= 0.6 is 0 Å². The van der Waals surface area contributed by atoms with Gasteiger partial charge in [0.25, 0.3) is 0 Å². The number of hydrogen-bond acceptors (Lipinski definition) is 2. The maximum absolute atomic E-state index is 5.28. The summed E-state index contributed by atoms with van der Waals surface area (Å²) in [6, 6.07) is 5.76. The molecule has 10 heavy (non-hydrogen) atoms. The Bertz CT molecular complexity index is 235. The average Bonchev–Trinajstić information content (AvgIpc) is 2.01. The molecule has 2 aliphatic heterocycles. The molecule has 0 amide bonds. The highest BCUT2D eigenvalue weighted by Crippen LogP contribution is 2.49. The lowest BCUT2D eigenvalue weighted by molar-refractivity contribution is 0.274. The van der Waals surface area contributed by atoms with Crippen LogP contribution in [0.3, 0.4) is 0 Å². The highest BCUT2D eigenvalue weighted by molar-refractivity contribution is 5.60. The van der Waals surface area contributed by atoms with Gasteiger partial charge in [0.15, 0.2) is 11.5 Å². The molecule has 2 nitrogen and oxygen atoms in total. The zero-order chi connectivity index (χ0) is 6.97. The minimum Gasteiger partial charge on any atom is -0.487 e. The van der Waals surface area contributed by atoms with Gasteiger partial charge in [-0.05, 0) is 19.1 Å². The molecule has 0 fully saturated rings. The third-order valence-electron chi connectivity index (χ3n) is 1.45. The molecular formula is C8H8O2.